The molecule has 1 heterocycles. The lowest BCUT2D eigenvalue weighted by molar-refractivity contribution is -0.138. The van der Waals surface area contributed by atoms with Gasteiger partial charge < -0.3 is 14.6 Å². The highest BCUT2D eigenvalue weighted by molar-refractivity contribution is 6.30. The van der Waals surface area contributed by atoms with Crippen LogP contribution in [0.3, 0.4) is 0 Å². The number of aromatic nitrogens is 1. The lowest BCUT2D eigenvalue weighted by Gasteiger charge is -2.12. The fourth-order valence-electron chi connectivity index (χ4n) is 2.03. The number of amides is 1. The fraction of sp³-hybridized carbons (Fsp3) is 0.250. The maximum atomic E-state index is 12.8. The minimum absolute atomic E-state index is 0.157. The van der Waals surface area contributed by atoms with Crippen LogP contribution in [-0.2, 0) is 24.1 Å². The van der Waals surface area contributed by atoms with Gasteiger partial charge in [0.2, 0.25) is 5.91 Å². The Balaban J connectivity index is 2.07. The van der Waals surface area contributed by atoms with Crippen LogP contribution in [0.1, 0.15) is 11.1 Å². The summed E-state index contributed by atoms with van der Waals surface area (Å²) in [6.07, 6.45) is -4.10. The minimum Gasteiger partial charge on any atom is -0.497 e. The number of carbonyl (C=O) groups excluding carboxylic acids is 1. The number of hydrogen-bond donors (Lipinski definition) is 1. The predicted molar refractivity (Wildman–Crippen MR) is 85.6 cm³/mol. The van der Waals surface area contributed by atoms with Crippen LogP contribution in [0.2, 0.25) is 5.02 Å². The number of rotatable bonds is 5. The van der Waals surface area contributed by atoms with Crippen molar-refractivity contribution in [3.63, 3.8) is 0 Å². The van der Waals surface area contributed by atoms with Gasteiger partial charge in [-0.1, -0.05) is 23.7 Å². The van der Waals surface area contributed by atoms with E-state index in [1.54, 1.807) is 24.3 Å². The average molecular weight is 375 g/mol. The van der Waals surface area contributed by atoms with Crippen molar-refractivity contribution < 1.29 is 22.7 Å². The van der Waals surface area contributed by atoms with Gasteiger partial charge in [0.05, 0.1) is 12.7 Å². The molecule has 0 atom stereocenters. The zero-order chi connectivity index (χ0) is 18.6. The zero-order valence-electron chi connectivity index (χ0n) is 13.1. The Labute approximate surface area is 146 Å². The monoisotopic (exact) mass is 374 g/mol. The number of halogens is 4. The van der Waals surface area contributed by atoms with Gasteiger partial charge in [-0.05, 0) is 23.8 Å². The summed E-state index contributed by atoms with van der Waals surface area (Å²) in [6.45, 7) is -0.414. The predicted octanol–water partition coefficient (Wildman–Crippen LogP) is 2.85. The van der Waals surface area contributed by atoms with Crippen molar-refractivity contribution in [3.8, 4) is 5.75 Å². The van der Waals surface area contributed by atoms with Crippen LogP contribution in [0.5, 0.6) is 5.75 Å². The molecule has 9 heteroatoms. The summed E-state index contributed by atoms with van der Waals surface area (Å²) in [5, 5.41) is 1.93. The van der Waals surface area contributed by atoms with Gasteiger partial charge in [0.1, 0.15) is 17.3 Å². The molecule has 0 saturated heterocycles. The normalized spacial score (nSPS) is 11.2. The Hall–Kier alpha value is -2.48. The van der Waals surface area contributed by atoms with Crippen LogP contribution in [0, 0.1) is 0 Å². The van der Waals surface area contributed by atoms with Gasteiger partial charge in [0.25, 0.3) is 5.56 Å². The van der Waals surface area contributed by atoms with Gasteiger partial charge in [-0.3, -0.25) is 9.59 Å². The molecule has 1 N–H and O–H groups in total. The number of nitrogens with zero attached hydrogens (tertiary/aromatic N) is 1. The van der Waals surface area contributed by atoms with E-state index in [2.05, 4.69) is 5.32 Å². The summed E-state index contributed by atoms with van der Waals surface area (Å²) < 4.78 is 43.9. The van der Waals surface area contributed by atoms with E-state index in [1.807, 2.05) is 0 Å². The fourth-order valence-corrected chi connectivity index (χ4v) is 2.25. The number of benzene rings is 1. The van der Waals surface area contributed by atoms with E-state index < -0.39 is 34.8 Å². The van der Waals surface area contributed by atoms with Crippen molar-refractivity contribution in [2.24, 2.45) is 0 Å². The summed E-state index contributed by atoms with van der Waals surface area (Å²) in [7, 11) is 1.52. The molecule has 0 aliphatic rings. The van der Waals surface area contributed by atoms with Crippen LogP contribution < -0.4 is 15.6 Å². The zero-order valence-corrected chi connectivity index (χ0v) is 13.8. The molecule has 0 radical (unpaired) electrons. The van der Waals surface area contributed by atoms with E-state index >= 15 is 0 Å². The molecule has 134 valence electrons. The number of hydrogen-bond acceptors (Lipinski definition) is 3. The third-order valence-corrected chi connectivity index (χ3v) is 3.60. The van der Waals surface area contributed by atoms with Crippen LogP contribution in [0.4, 0.5) is 13.2 Å². The van der Waals surface area contributed by atoms with Gasteiger partial charge in [0, 0.05) is 12.7 Å². The Bertz CT molecular complexity index is 817. The van der Waals surface area contributed by atoms with Gasteiger partial charge >= 0.3 is 6.18 Å². The van der Waals surface area contributed by atoms with E-state index in [1.165, 1.54) is 7.11 Å². The van der Waals surface area contributed by atoms with Crippen molar-refractivity contribution in [1.82, 2.24) is 9.88 Å². The second-order valence-electron chi connectivity index (χ2n) is 5.13. The van der Waals surface area contributed by atoms with Crippen LogP contribution >= 0.6 is 11.6 Å². The number of carbonyl (C=O) groups is 1. The Morgan fingerprint density at radius 1 is 1.28 bits per heavy atom. The van der Waals surface area contributed by atoms with Crippen LogP contribution in [0.15, 0.2) is 41.3 Å². The second kappa shape index (κ2) is 7.60. The van der Waals surface area contributed by atoms with Crippen molar-refractivity contribution in [2.45, 2.75) is 19.3 Å². The van der Waals surface area contributed by atoms with E-state index in [0.29, 0.717) is 22.6 Å². The standard InChI is InChI=1S/C16H14ClF3N2O3/c1-25-12-4-2-10(3-5-12)7-21-14(23)9-22-8-11(16(18,19)20)6-13(17)15(22)24/h2-6,8H,7,9H2,1H3,(H,21,23). The molecule has 1 aromatic heterocycles. The number of methoxy groups -OCH3 is 1. The lowest BCUT2D eigenvalue weighted by atomic mass is 10.2. The Morgan fingerprint density at radius 3 is 2.48 bits per heavy atom. The molecule has 5 nitrogen and oxygen atoms in total. The quantitative estimate of drug-likeness (QED) is 0.875. The molecule has 0 aliphatic heterocycles. The van der Waals surface area contributed by atoms with Crippen molar-refractivity contribution in [1.29, 1.82) is 0 Å². The lowest BCUT2D eigenvalue weighted by Crippen LogP contribution is -2.32. The van der Waals surface area contributed by atoms with Gasteiger partial charge in [0.15, 0.2) is 0 Å². The second-order valence-corrected chi connectivity index (χ2v) is 5.54. The summed E-state index contributed by atoms with van der Waals surface area (Å²) in [6, 6.07) is 7.41. The highest BCUT2D eigenvalue weighted by atomic mass is 35.5. The summed E-state index contributed by atoms with van der Waals surface area (Å²) in [4.78, 5) is 23.7. The molecule has 1 amide bonds. The molecule has 2 aromatic rings. The summed E-state index contributed by atoms with van der Waals surface area (Å²) >= 11 is 5.53. The first kappa shape index (κ1) is 18.9. The molecule has 1 aromatic carbocycles. The number of pyridine rings is 1. The third-order valence-electron chi connectivity index (χ3n) is 3.33. The summed E-state index contributed by atoms with van der Waals surface area (Å²) in [5.41, 5.74) is -1.20. The van der Waals surface area contributed by atoms with Crippen molar-refractivity contribution in [3.05, 3.63) is 63.0 Å². The van der Waals surface area contributed by atoms with E-state index in [0.717, 1.165) is 5.56 Å². The molecule has 25 heavy (non-hydrogen) atoms. The number of ether oxygens (including phenoxy) is 1. The van der Waals surface area contributed by atoms with E-state index in [9.17, 15) is 22.8 Å². The van der Waals surface area contributed by atoms with Gasteiger partial charge in [-0.15, -0.1) is 0 Å². The Kier molecular flexibility index (Phi) is 5.73. The average Bonchev–Trinajstić information content (AvgIpc) is 2.56. The first-order valence-corrected chi connectivity index (χ1v) is 7.45. The topological polar surface area (TPSA) is 60.3 Å². The highest BCUT2D eigenvalue weighted by Gasteiger charge is 2.32. The van der Waals surface area contributed by atoms with Gasteiger partial charge in [-0.2, -0.15) is 13.2 Å². The Morgan fingerprint density at radius 2 is 1.92 bits per heavy atom. The molecule has 0 fully saturated rings. The molecule has 0 spiro atoms. The van der Waals surface area contributed by atoms with Gasteiger partial charge in [-0.25, -0.2) is 0 Å². The molecular formula is C16H14ClF3N2O3. The maximum absolute atomic E-state index is 12.8. The van der Waals surface area contributed by atoms with Crippen LogP contribution in [-0.4, -0.2) is 17.6 Å². The van der Waals surface area contributed by atoms with E-state index in [-0.39, 0.29) is 6.54 Å². The molecule has 0 aliphatic carbocycles. The first-order chi connectivity index (χ1) is 11.7. The SMILES string of the molecule is COc1ccc(CNC(=O)Cn2cc(C(F)(F)F)cc(Cl)c2=O)cc1. The van der Waals surface area contributed by atoms with E-state index in [4.69, 9.17) is 16.3 Å². The van der Waals surface area contributed by atoms with Crippen LogP contribution in [0.25, 0.3) is 0 Å². The first-order valence-electron chi connectivity index (χ1n) is 7.07. The largest absolute Gasteiger partial charge is 0.497 e. The highest BCUT2D eigenvalue weighted by Crippen LogP contribution is 2.29. The molecular weight excluding hydrogens is 361 g/mol. The molecule has 0 unspecified atom stereocenters. The molecule has 0 saturated carbocycles. The van der Waals surface area contributed by atoms with Crippen molar-refractivity contribution in [2.75, 3.05) is 7.11 Å². The smallest absolute Gasteiger partial charge is 0.417 e. The number of nitrogens with one attached hydrogen (secondary N) is 1. The molecule has 2 rings (SSSR count). The number of alkyl halides is 3. The minimum atomic E-state index is -4.67. The third kappa shape index (κ3) is 4.99. The maximum Gasteiger partial charge on any atom is 0.417 e. The summed E-state index contributed by atoms with van der Waals surface area (Å²) in [5.74, 6) is 0.0357. The van der Waals surface area contributed by atoms with Crippen molar-refractivity contribution >= 4 is 17.5 Å². The molecule has 0 bridgehead atoms.